The summed E-state index contributed by atoms with van der Waals surface area (Å²) in [5.74, 6) is -2.56. The van der Waals surface area contributed by atoms with Crippen LogP contribution >= 0.6 is 0 Å². The van der Waals surface area contributed by atoms with Crippen LogP contribution in [0.15, 0.2) is 0 Å². The molecule has 0 aromatic heterocycles. The van der Waals surface area contributed by atoms with Gasteiger partial charge in [0.1, 0.15) is 0 Å². The third-order valence-corrected chi connectivity index (χ3v) is 2.56. The van der Waals surface area contributed by atoms with Crippen LogP contribution in [0.3, 0.4) is 0 Å². The summed E-state index contributed by atoms with van der Waals surface area (Å²) < 4.78 is 25.0. The molecule has 0 amide bonds. The van der Waals surface area contributed by atoms with Gasteiger partial charge in [-0.2, -0.15) is 0 Å². The van der Waals surface area contributed by atoms with E-state index in [9.17, 15) is 8.78 Å². The second-order valence-corrected chi connectivity index (χ2v) is 4.14. The van der Waals surface area contributed by atoms with Crippen molar-refractivity contribution in [1.82, 2.24) is 5.32 Å². The van der Waals surface area contributed by atoms with Crippen LogP contribution in [0.2, 0.25) is 0 Å². The van der Waals surface area contributed by atoms with Crippen molar-refractivity contribution in [2.75, 3.05) is 6.54 Å². The number of hydrogen-bond acceptors (Lipinski definition) is 1. The Morgan fingerprint density at radius 3 is 2.15 bits per heavy atom. The van der Waals surface area contributed by atoms with Crippen LogP contribution in [0.25, 0.3) is 0 Å². The Morgan fingerprint density at radius 2 is 1.69 bits per heavy atom. The van der Waals surface area contributed by atoms with Crippen molar-refractivity contribution >= 4 is 0 Å². The van der Waals surface area contributed by atoms with Gasteiger partial charge >= 0.3 is 0 Å². The van der Waals surface area contributed by atoms with Crippen LogP contribution in [-0.2, 0) is 0 Å². The molecular formula is C10H19F2N. The lowest BCUT2D eigenvalue weighted by Crippen LogP contribution is -2.37. The van der Waals surface area contributed by atoms with Gasteiger partial charge in [-0.15, -0.1) is 0 Å². The second kappa shape index (κ2) is 4.89. The molecule has 13 heavy (non-hydrogen) atoms. The van der Waals surface area contributed by atoms with E-state index in [0.717, 1.165) is 19.8 Å². The van der Waals surface area contributed by atoms with E-state index in [0.29, 0.717) is 6.04 Å². The number of hydrogen-bond donors (Lipinski definition) is 1. The Kier molecular flexibility index (Phi) is 4.10. The highest BCUT2D eigenvalue weighted by molar-refractivity contribution is 4.73. The minimum absolute atomic E-state index is 0.169. The second-order valence-electron chi connectivity index (χ2n) is 4.14. The fraction of sp³-hybridized carbons (Fsp3) is 1.00. The molecule has 0 spiro atoms. The Hall–Kier alpha value is -0.180. The normalized spacial score (nSPS) is 21.5. The van der Waals surface area contributed by atoms with Crippen molar-refractivity contribution < 1.29 is 8.78 Å². The molecule has 0 unspecified atom stereocenters. The number of nitrogens with one attached hydrogen (secondary N) is 1. The van der Waals surface area contributed by atoms with Gasteiger partial charge in [-0.3, -0.25) is 0 Å². The van der Waals surface area contributed by atoms with E-state index in [1.165, 1.54) is 25.7 Å². The summed E-state index contributed by atoms with van der Waals surface area (Å²) in [6.07, 6.45) is 7.04. The van der Waals surface area contributed by atoms with Crippen LogP contribution in [0, 0.1) is 0 Å². The summed E-state index contributed by atoms with van der Waals surface area (Å²) in [7, 11) is 0. The Bertz CT molecular complexity index is 134. The Morgan fingerprint density at radius 1 is 1.15 bits per heavy atom. The van der Waals surface area contributed by atoms with E-state index in [2.05, 4.69) is 5.32 Å². The molecule has 1 nitrogen and oxygen atoms in total. The SMILES string of the molecule is CC(F)(F)CNC1CCCCCC1. The predicted molar refractivity (Wildman–Crippen MR) is 50.1 cm³/mol. The highest BCUT2D eigenvalue weighted by Gasteiger charge is 2.22. The first-order chi connectivity index (χ1) is 6.08. The molecule has 1 saturated carbocycles. The zero-order valence-electron chi connectivity index (χ0n) is 8.28. The Labute approximate surface area is 78.9 Å². The van der Waals surface area contributed by atoms with E-state index in [4.69, 9.17) is 0 Å². The summed E-state index contributed by atoms with van der Waals surface area (Å²) in [6.45, 7) is 0.800. The summed E-state index contributed by atoms with van der Waals surface area (Å²) in [5, 5.41) is 2.95. The van der Waals surface area contributed by atoms with Gasteiger partial charge < -0.3 is 5.32 Å². The van der Waals surface area contributed by atoms with Crippen LogP contribution in [0.5, 0.6) is 0 Å². The average molecular weight is 191 g/mol. The molecular weight excluding hydrogens is 172 g/mol. The molecule has 0 bridgehead atoms. The molecule has 0 aliphatic heterocycles. The fourth-order valence-corrected chi connectivity index (χ4v) is 1.81. The average Bonchev–Trinajstić information content (AvgIpc) is 2.26. The molecule has 0 aromatic rings. The summed E-state index contributed by atoms with van der Waals surface area (Å²) >= 11 is 0. The topological polar surface area (TPSA) is 12.0 Å². The smallest absolute Gasteiger partial charge is 0.257 e. The molecule has 1 aliphatic rings. The number of alkyl halides is 2. The lowest BCUT2D eigenvalue weighted by Gasteiger charge is -2.19. The van der Waals surface area contributed by atoms with E-state index < -0.39 is 5.92 Å². The molecule has 0 saturated heterocycles. The Balaban J connectivity index is 2.19. The van der Waals surface area contributed by atoms with Gasteiger partial charge in [-0.1, -0.05) is 25.7 Å². The predicted octanol–water partition coefficient (Wildman–Crippen LogP) is 2.95. The van der Waals surface area contributed by atoms with Gasteiger partial charge in [-0.05, 0) is 12.8 Å². The minimum Gasteiger partial charge on any atom is -0.308 e. The molecule has 1 fully saturated rings. The van der Waals surface area contributed by atoms with E-state index >= 15 is 0 Å². The van der Waals surface area contributed by atoms with Gasteiger partial charge in [0, 0.05) is 13.0 Å². The molecule has 0 aromatic carbocycles. The zero-order chi connectivity index (χ0) is 9.73. The van der Waals surface area contributed by atoms with E-state index in [1.54, 1.807) is 0 Å². The lowest BCUT2D eigenvalue weighted by atomic mass is 10.1. The first-order valence-corrected chi connectivity index (χ1v) is 5.19. The summed E-state index contributed by atoms with van der Waals surface area (Å²) in [4.78, 5) is 0. The van der Waals surface area contributed by atoms with E-state index in [-0.39, 0.29) is 6.54 Å². The first-order valence-electron chi connectivity index (χ1n) is 5.19. The maximum atomic E-state index is 12.5. The van der Waals surface area contributed by atoms with Crippen molar-refractivity contribution in [3.05, 3.63) is 0 Å². The summed E-state index contributed by atoms with van der Waals surface area (Å²) in [5.41, 5.74) is 0. The van der Waals surface area contributed by atoms with Crippen molar-refractivity contribution in [3.8, 4) is 0 Å². The van der Waals surface area contributed by atoms with Gasteiger partial charge in [-0.25, -0.2) is 8.78 Å². The highest BCUT2D eigenvalue weighted by Crippen LogP contribution is 2.18. The monoisotopic (exact) mass is 191 g/mol. The van der Waals surface area contributed by atoms with Crippen LogP contribution in [-0.4, -0.2) is 18.5 Å². The molecule has 1 N–H and O–H groups in total. The third kappa shape index (κ3) is 5.19. The largest absolute Gasteiger partial charge is 0.308 e. The van der Waals surface area contributed by atoms with Crippen molar-refractivity contribution in [1.29, 1.82) is 0 Å². The van der Waals surface area contributed by atoms with Gasteiger partial charge in [0.05, 0.1) is 6.54 Å². The molecule has 1 aliphatic carbocycles. The maximum Gasteiger partial charge on any atom is 0.257 e. The third-order valence-electron chi connectivity index (χ3n) is 2.56. The lowest BCUT2D eigenvalue weighted by molar-refractivity contribution is 0.0194. The first kappa shape index (κ1) is 10.9. The highest BCUT2D eigenvalue weighted by atomic mass is 19.3. The summed E-state index contributed by atoms with van der Waals surface area (Å²) in [6, 6.07) is 0.327. The minimum atomic E-state index is -2.56. The fourth-order valence-electron chi connectivity index (χ4n) is 1.81. The van der Waals surface area contributed by atoms with Crippen molar-refractivity contribution in [2.45, 2.75) is 57.4 Å². The molecule has 0 radical (unpaired) electrons. The van der Waals surface area contributed by atoms with Crippen LogP contribution in [0.1, 0.15) is 45.4 Å². The molecule has 1 rings (SSSR count). The van der Waals surface area contributed by atoms with Gasteiger partial charge in [0.25, 0.3) is 5.92 Å². The number of rotatable bonds is 3. The molecule has 3 heteroatoms. The molecule has 78 valence electrons. The zero-order valence-corrected chi connectivity index (χ0v) is 8.28. The van der Waals surface area contributed by atoms with Gasteiger partial charge in [0.15, 0.2) is 0 Å². The van der Waals surface area contributed by atoms with Crippen LogP contribution < -0.4 is 5.32 Å². The molecule has 0 atom stereocenters. The number of halogens is 2. The maximum absolute atomic E-state index is 12.5. The van der Waals surface area contributed by atoms with Gasteiger partial charge in [0.2, 0.25) is 0 Å². The quantitative estimate of drug-likeness (QED) is 0.676. The van der Waals surface area contributed by atoms with Crippen LogP contribution in [0.4, 0.5) is 8.78 Å². The molecule has 0 heterocycles. The van der Waals surface area contributed by atoms with Crippen molar-refractivity contribution in [2.24, 2.45) is 0 Å². The standard InChI is InChI=1S/C10H19F2N/c1-10(11,12)8-13-9-6-4-2-3-5-7-9/h9,13H,2-8H2,1H3. The van der Waals surface area contributed by atoms with Crippen molar-refractivity contribution in [3.63, 3.8) is 0 Å². The van der Waals surface area contributed by atoms with E-state index in [1.807, 2.05) is 0 Å².